The zero-order valence-corrected chi connectivity index (χ0v) is 16.3. The van der Waals surface area contributed by atoms with Gasteiger partial charge >= 0.3 is 5.97 Å². The predicted octanol–water partition coefficient (Wildman–Crippen LogP) is 0.439. The van der Waals surface area contributed by atoms with E-state index in [1.54, 1.807) is 29.2 Å². The normalized spacial score (nSPS) is 24.7. The van der Waals surface area contributed by atoms with Crippen molar-refractivity contribution in [3.8, 4) is 11.4 Å². The molecule has 154 valence electrons. The highest BCUT2D eigenvalue weighted by molar-refractivity contribution is 5.80. The molecule has 4 rings (SSSR count). The summed E-state index contributed by atoms with van der Waals surface area (Å²) in [6, 6.07) is 6.95. The van der Waals surface area contributed by atoms with Gasteiger partial charge in [-0.2, -0.15) is 0 Å². The molecule has 2 fully saturated rings. The number of aliphatic carboxylic acids is 1. The third-order valence-electron chi connectivity index (χ3n) is 6.12. The second-order valence-corrected chi connectivity index (χ2v) is 7.69. The number of piperidine rings is 2. The first-order valence-corrected chi connectivity index (χ1v) is 9.67. The number of carboxylic acids is 1. The number of amides is 1. The second kappa shape index (κ2) is 7.78. The molecular weight excluding hydrogens is 376 g/mol. The summed E-state index contributed by atoms with van der Waals surface area (Å²) in [6.45, 7) is 1.63. The number of likely N-dealkylation sites (tertiary alicyclic amines) is 2. The quantitative estimate of drug-likeness (QED) is 0.769. The van der Waals surface area contributed by atoms with Crippen LogP contribution in [-0.2, 0) is 9.59 Å². The summed E-state index contributed by atoms with van der Waals surface area (Å²) < 4.78 is 7.17. The maximum absolute atomic E-state index is 12.7. The topological polar surface area (TPSA) is 114 Å². The Balaban J connectivity index is 1.36. The zero-order valence-electron chi connectivity index (χ0n) is 16.3. The van der Waals surface area contributed by atoms with Crippen LogP contribution in [0.2, 0.25) is 0 Å². The number of likely N-dealkylation sites (N-methyl/N-ethyl adjacent to an activating group) is 1. The van der Waals surface area contributed by atoms with Gasteiger partial charge in [0.25, 0.3) is 5.91 Å². The zero-order chi connectivity index (χ0) is 20.4. The van der Waals surface area contributed by atoms with Crippen LogP contribution >= 0.6 is 0 Å². The molecule has 29 heavy (non-hydrogen) atoms. The molecule has 1 N–H and O–H groups in total. The number of carbonyl (C=O) groups is 2. The van der Waals surface area contributed by atoms with Crippen molar-refractivity contribution < 1.29 is 19.4 Å². The Bertz CT molecular complexity index is 871. The van der Waals surface area contributed by atoms with Gasteiger partial charge < -0.3 is 19.6 Å². The van der Waals surface area contributed by atoms with Crippen molar-refractivity contribution in [1.82, 2.24) is 30.0 Å². The lowest BCUT2D eigenvalue weighted by atomic mass is 9.68. The Kier molecular flexibility index (Phi) is 5.18. The molecule has 1 amide bonds. The SMILES string of the molecule is CN1CCC[C@]2(C(=O)O)CCN(C(=O)COc3ccc(-n4cnnn4)cc3)C[C@@H]12. The number of hydrogen-bond acceptors (Lipinski definition) is 7. The highest BCUT2D eigenvalue weighted by Crippen LogP contribution is 2.42. The Morgan fingerprint density at radius 3 is 2.72 bits per heavy atom. The van der Waals surface area contributed by atoms with Gasteiger partial charge in [0, 0.05) is 19.1 Å². The number of fused-ring (bicyclic) bond motifs is 1. The molecular formula is C19H24N6O4. The number of nitrogens with zero attached hydrogens (tertiary/aromatic N) is 6. The van der Waals surface area contributed by atoms with Crippen LogP contribution in [-0.4, -0.2) is 86.3 Å². The largest absolute Gasteiger partial charge is 0.484 e. The van der Waals surface area contributed by atoms with E-state index >= 15 is 0 Å². The summed E-state index contributed by atoms with van der Waals surface area (Å²) in [6.07, 6.45) is 3.51. The molecule has 2 aliphatic heterocycles. The Hall–Kier alpha value is -3.01. The summed E-state index contributed by atoms with van der Waals surface area (Å²) in [5, 5.41) is 20.8. The van der Waals surface area contributed by atoms with Crippen LogP contribution in [0.4, 0.5) is 0 Å². The molecule has 0 aliphatic carbocycles. The highest BCUT2D eigenvalue weighted by atomic mass is 16.5. The van der Waals surface area contributed by atoms with Crippen LogP contribution in [0, 0.1) is 5.41 Å². The van der Waals surface area contributed by atoms with Crippen LogP contribution in [0.25, 0.3) is 5.69 Å². The predicted molar refractivity (Wildman–Crippen MR) is 102 cm³/mol. The lowest BCUT2D eigenvalue weighted by Gasteiger charge is -2.51. The average Bonchev–Trinajstić information content (AvgIpc) is 3.27. The maximum atomic E-state index is 12.7. The van der Waals surface area contributed by atoms with E-state index in [1.165, 1.54) is 11.0 Å². The smallest absolute Gasteiger partial charge is 0.311 e. The highest BCUT2D eigenvalue weighted by Gasteiger charge is 2.52. The number of hydrogen-bond donors (Lipinski definition) is 1. The van der Waals surface area contributed by atoms with Crippen molar-refractivity contribution >= 4 is 11.9 Å². The van der Waals surface area contributed by atoms with E-state index in [4.69, 9.17) is 4.74 Å². The average molecular weight is 400 g/mol. The van der Waals surface area contributed by atoms with Crippen LogP contribution < -0.4 is 4.74 Å². The minimum Gasteiger partial charge on any atom is -0.484 e. The van der Waals surface area contributed by atoms with E-state index in [-0.39, 0.29) is 18.6 Å². The van der Waals surface area contributed by atoms with Gasteiger partial charge in [-0.25, -0.2) is 4.68 Å². The van der Waals surface area contributed by atoms with Crippen LogP contribution in [0.1, 0.15) is 19.3 Å². The molecule has 10 heteroatoms. The molecule has 0 bridgehead atoms. The molecule has 2 aromatic rings. The van der Waals surface area contributed by atoms with Gasteiger partial charge in [0.15, 0.2) is 6.61 Å². The third kappa shape index (κ3) is 3.67. The Morgan fingerprint density at radius 2 is 2.03 bits per heavy atom. The first-order chi connectivity index (χ1) is 14.0. The second-order valence-electron chi connectivity index (χ2n) is 7.69. The van der Waals surface area contributed by atoms with Crippen molar-refractivity contribution in [3.05, 3.63) is 30.6 Å². The van der Waals surface area contributed by atoms with Gasteiger partial charge in [0.05, 0.1) is 11.1 Å². The van der Waals surface area contributed by atoms with Crippen molar-refractivity contribution in [2.24, 2.45) is 5.41 Å². The summed E-state index contributed by atoms with van der Waals surface area (Å²) >= 11 is 0. The number of rotatable bonds is 5. The van der Waals surface area contributed by atoms with Crippen molar-refractivity contribution in [1.29, 1.82) is 0 Å². The van der Waals surface area contributed by atoms with Gasteiger partial charge in [-0.15, -0.1) is 5.10 Å². The molecule has 3 heterocycles. The van der Waals surface area contributed by atoms with Gasteiger partial charge in [0.1, 0.15) is 12.1 Å². The lowest BCUT2D eigenvalue weighted by molar-refractivity contribution is -0.165. The fourth-order valence-electron chi connectivity index (χ4n) is 4.42. The first kappa shape index (κ1) is 19.3. The number of ether oxygens (including phenoxy) is 1. The van der Waals surface area contributed by atoms with Crippen LogP contribution in [0.5, 0.6) is 5.75 Å². The number of benzene rings is 1. The monoisotopic (exact) mass is 400 g/mol. The minimum absolute atomic E-state index is 0.0826. The van der Waals surface area contributed by atoms with Crippen molar-refractivity contribution in [2.45, 2.75) is 25.3 Å². The first-order valence-electron chi connectivity index (χ1n) is 9.67. The molecule has 10 nitrogen and oxygen atoms in total. The maximum Gasteiger partial charge on any atom is 0.311 e. The van der Waals surface area contributed by atoms with Gasteiger partial charge in [-0.05, 0) is 67.5 Å². The third-order valence-corrected chi connectivity index (χ3v) is 6.12. The Morgan fingerprint density at radius 1 is 1.24 bits per heavy atom. The molecule has 1 aromatic heterocycles. The van der Waals surface area contributed by atoms with E-state index in [0.29, 0.717) is 31.7 Å². The lowest BCUT2D eigenvalue weighted by Crippen LogP contribution is -2.64. The van der Waals surface area contributed by atoms with Gasteiger partial charge in [-0.1, -0.05) is 0 Å². The summed E-state index contributed by atoms with van der Waals surface area (Å²) in [5.41, 5.74) is 0.0338. The summed E-state index contributed by atoms with van der Waals surface area (Å²) in [4.78, 5) is 28.5. The number of tetrazole rings is 1. The molecule has 0 spiro atoms. The molecule has 1 aromatic carbocycles. The molecule has 2 saturated heterocycles. The van der Waals surface area contributed by atoms with E-state index in [1.807, 2.05) is 7.05 Å². The van der Waals surface area contributed by atoms with E-state index < -0.39 is 11.4 Å². The molecule has 0 saturated carbocycles. The molecule has 2 aliphatic rings. The van der Waals surface area contributed by atoms with E-state index in [2.05, 4.69) is 20.4 Å². The summed E-state index contributed by atoms with van der Waals surface area (Å²) in [5.74, 6) is -0.311. The number of aromatic nitrogens is 4. The van der Waals surface area contributed by atoms with E-state index in [0.717, 1.165) is 18.7 Å². The Labute approximate surface area is 168 Å². The standard InChI is InChI=1S/C19H24N6O4/c1-23-9-2-7-19(18(27)28)8-10-24(11-16(19)23)17(26)12-29-15-5-3-14(4-6-15)25-13-20-21-22-25/h3-6,13,16H,2,7-12H2,1H3,(H,27,28)/t16-,19+/m1/s1. The molecule has 0 unspecified atom stereocenters. The molecule has 0 radical (unpaired) electrons. The van der Waals surface area contributed by atoms with Crippen LogP contribution in [0.15, 0.2) is 30.6 Å². The number of carboxylic acid groups (broad SMARTS) is 1. The fraction of sp³-hybridized carbons (Fsp3) is 0.526. The molecule has 2 atom stereocenters. The van der Waals surface area contributed by atoms with Gasteiger partial charge in [-0.3, -0.25) is 9.59 Å². The minimum atomic E-state index is -0.753. The van der Waals surface area contributed by atoms with Gasteiger partial charge in [0.2, 0.25) is 0 Å². The van der Waals surface area contributed by atoms with E-state index in [9.17, 15) is 14.7 Å². The van der Waals surface area contributed by atoms with Crippen molar-refractivity contribution in [2.75, 3.05) is 33.3 Å². The number of carbonyl (C=O) groups excluding carboxylic acids is 1. The van der Waals surface area contributed by atoms with Crippen molar-refractivity contribution in [3.63, 3.8) is 0 Å². The van der Waals surface area contributed by atoms with Crippen LogP contribution in [0.3, 0.4) is 0 Å². The summed E-state index contributed by atoms with van der Waals surface area (Å²) in [7, 11) is 1.94. The fourth-order valence-corrected chi connectivity index (χ4v) is 4.42.